The number of anilines is 2. The number of hydrogen-bond acceptors (Lipinski definition) is 23. The summed E-state index contributed by atoms with van der Waals surface area (Å²) in [7, 11) is -13.3. The molecule has 4 atom stereocenters. The van der Waals surface area contributed by atoms with Crippen LogP contribution >= 0.6 is 0 Å². The lowest BCUT2D eigenvalue weighted by molar-refractivity contribution is 0.173. The standard InChI is InChI=1S/C27H30FN5O9S3.C26H28FN5O8S2/c1-16(25(44(6,36)37)18-14-13-17(28)15-22(18)43(5,34)35)45(38,39)32-27-31-30-26(19-9-7-12-23(29-19)42-4)33(27)24-20(40-2)10-8-11-21(24)41-3;1-15(24(33)17-13-12-16(27)14-21(17)41(5,34)35)42(36,37)31-26-30-29-25(18-8-6-11-22(28-18)40-4)32(26)23-19(38-2)9-7-10-20(23)39-3/h7-16,25H,1-6H3,(H,31,32);6-15,24,33H,1-5H3,(H,30,31)/t16-,25-;15-,24-/m01/s1. The zero-order valence-electron chi connectivity index (χ0n) is 48.1. The van der Waals surface area contributed by atoms with E-state index in [9.17, 15) is 56.0 Å². The van der Waals surface area contributed by atoms with Gasteiger partial charge in [-0.15, -0.1) is 20.4 Å². The van der Waals surface area contributed by atoms with Gasteiger partial charge >= 0.3 is 0 Å². The first-order valence-corrected chi connectivity index (χ1v) is 33.9. The lowest BCUT2D eigenvalue weighted by Crippen LogP contribution is -2.36. The van der Waals surface area contributed by atoms with Gasteiger partial charge in [-0.1, -0.05) is 36.4 Å². The Morgan fingerprint density at radius 1 is 0.471 bits per heavy atom. The number of aliphatic hydroxyl groups is 1. The predicted molar refractivity (Wildman–Crippen MR) is 314 cm³/mol. The van der Waals surface area contributed by atoms with Crippen LogP contribution in [0.4, 0.5) is 20.7 Å². The van der Waals surface area contributed by atoms with Gasteiger partial charge in [0.1, 0.15) is 67.9 Å². The summed E-state index contributed by atoms with van der Waals surface area (Å²) in [5.41, 5.74) is 0.189. The number of rotatable bonds is 23. The summed E-state index contributed by atoms with van der Waals surface area (Å²) < 4.78 is 199. The summed E-state index contributed by atoms with van der Waals surface area (Å²) in [6.45, 7) is 2.25. The van der Waals surface area contributed by atoms with Crippen molar-refractivity contribution in [2.75, 3.05) is 70.9 Å². The van der Waals surface area contributed by atoms with Crippen LogP contribution in [0.25, 0.3) is 34.4 Å². The Balaban J connectivity index is 0.000000249. The quantitative estimate of drug-likeness (QED) is 0.0704. The van der Waals surface area contributed by atoms with Gasteiger partial charge in [-0.2, -0.15) is 0 Å². The van der Waals surface area contributed by atoms with E-state index in [4.69, 9.17) is 28.4 Å². The maximum absolute atomic E-state index is 14.1. The van der Waals surface area contributed by atoms with Crippen LogP contribution in [0.1, 0.15) is 36.3 Å². The monoisotopic (exact) mass is 1300 g/mol. The molecule has 0 fully saturated rings. The third-order valence-corrected chi connectivity index (χ3v) is 20.5. The summed E-state index contributed by atoms with van der Waals surface area (Å²) in [6.07, 6.45) is 0.476. The van der Waals surface area contributed by atoms with Crippen LogP contribution in [0.2, 0.25) is 0 Å². The highest BCUT2D eigenvalue weighted by Crippen LogP contribution is 2.41. The number of pyridine rings is 2. The van der Waals surface area contributed by atoms with Gasteiger partial charge in [-0.05, 0) is 80.1 Å². The van der Waals surface area contributed by atoms with Crippen molar-refractivity contribution in [3.8, 4) is 69.2 Å². The topological polar surface area (TPSA) is 358 Å². The van der Waals surface area contributed by atoms with Crippen LogP contribution in [0.3, 0.4) is 0 Å². The minimum Gasteiger partial charge on any atom is -0.494 e. The van der Waals surface area contributed by atoms with E-state index in [0.29, 0.717) is 6.07 Å². The first kappa shape index (κ1) is 66.0. The summed E-state index contributed by atoms with van der Waals surface area (Å²) in [4.78, 5) is 7.56. The number of sulfonamides is 2. The molecule has 8 aromatic rings. The molecule has 0 aliphatic carbocycles. The molecular formula is C53H58F2N10O17S5. The molecular weight excluding hydrogens is 1250 g/mol. The molecule has 0 radical (unpaired) electrons. The molecule has 0 amide bonds. The molecule has 34 heteroatoms. The van der Waals surface area contributed by atoms with E-state index in [2.05, 4.69) is 39.8 Å². The first-order chi connectivity index (χ1) is 40.8. The van der Waals surface area contributed by atoms with Crippen molar-refractivity contribution < 1.29 is 84.4 Å². The second-order valence-corrected chi connectivity index (χ2v) is 29.0. The molecule has 3 N–H and O–H groups in total. The van der Waals surface area contributed by atoms with Gasteiger partial charge in [-0.3, -0.25) is 18.6 Å². The predicted octanol–water partition coefficient (Wildman–Crippen LogP) is 5.58. The maximum atomic E-state index is 14.1. The third kappa shape index (κ3) is 14.3. The number of hydrogen-bond donors (Lipinski definition) is 3. The Bertz CT molecular complexity index is 4420. The Kier molecular flexibility index (Phi) is 19.9. The molecule has 8 rings (SSSR count). The van der Waals surface area contributed by atoms with Crippen molar-refractivity contribution in [2.45, 2.75) is 45.5 Å². The number of para-hydroxylation sites is 2. The largest absolute Gasteiger partial charge is 0.494 e. The fourth-order valence-corrected chi connectivity index (χ4v) is 15.3. The highest BCUT2D eigenvalue weighted by atomic mass is 32.2. The molecule has 0 aliphatic heterocycles. The van der Waals surface area contributed by atoms with E-state index < -0.39 is 104 Å². The van der Waals surface area contributed by atoms with Crippen molar-refractivity contribution in [1.82, 2.24) is 39.5 Å². The van der Waals surface area contributed by atoms with Crippen molar-refractivity contribution in [3.05, 3.63) is 132 Å². The SMILES string of the molecule is COc1cccc(-c2nnc(NS(=O)(=O)[C@@H](C)[C@@H](c3ccc(F)cc3S(C)(=O)=O)S(C)(=O)=O)n2-c2c(OC)cccc2OC)n1.COc1cccc(-c2nnc(NS(=O)(=O)[C@H](C)[C@@H](O)c3ccc(F)cc3S(C)(=O)=O)n2-c2c(OC)cccc2OC)n1. The Morgan fingerprint density at radius 3 is 1.18 bits per heavy atom. The summed E-state index contributed by atoms with van der Waals surface area (Å²) in [5, 5.41) is 22.0. The van der Waals surface area contributed by atoms with Crippen molar-refractivity contribution >= 4 is 61.5 Å². The third-order valence-electron chi connectivity index (χ3n) is 13.1. The van der Waals surface area contributed by atoms with Gasteiger partial charge in [0.25, 0.3) is 0 Å². The highest BCUT2D eigenvalue weighted by Gasteiger charge is 2.42. The number of nitrogens with zero attached hydrogens (tertiary/aromatic N) is 8. The van der Waals surface area contributed by atoms with Gasteiger partial charge < -0.3 is 33.5 Å². The number of ether oxygens (including phenoxy) is 6. The van der Waals surface area contributed by atoms with Gasteiger partial charge in [0.05, 0.1) is 63.8 Å². The maximum Gasteiger partial charge on any atom is 0.243 e. The zero-order valence-corrected chi connectivity index (χ0v) is 52.1. The molecule has 0 unspecified atom stereocenters. The fraction of sp³-hybridized carbons (Fsp3) is 0.283. The van der Waals surface area contributed by atoms with E-state index in [0.717, 1.165) is 62.9 Å². The van der Waals surface area contributed by atoms with E-state index in [1.807, 2.05) is 0 Å². The molecule has 4 heterocycles. The zero-order chi connectivity index (χ0) is 64.1. The Hall–Kier alpha value is -8.57. The Morgan fingerprint density at radius 2 is 0.828 bits per heavy atom. The second kappa shape index (κ2) is 26.2. The minimum absolute atomic E-state index is 0.0274. The van der Waals surface area contributed by atoms with Crippen molar-refractivity contribution in [3.63, 3.8) is 0 Å². The smallest absolute Gasteiger partial charge is 0.243 e. The van der Waals surface area contributed by atoms with Gasteiger partial charge in [-0.25, -0.2) is 60.8 Å². The number of aromatic nitrogens is 8. The highest BCUT2D eigenvalue weighted by molar-refractivity contribution is 7.96. The van der Waals surface area contributed by atoms with Crippen LogP contribution in [0.5, 0.6) is 34.8 Å². The van der Waals surface area contributed by atoms with Crippen LogP contribution < -0.4 is 37.9 Å². The lowest BCUT2D eigenvalue weighted by Gasteiger charge is -2.25. The average molecular weight is 1310 g/mol. The summed E-state index contributed by atoms with van der Waals surface area (Å²) >= 11 is 0. The number of methoxy groups -OCH3 is 6. The van der Waals surface area contributed by atoms with E-state index in [-0.39, 0.29) is 80.7 Å². The van der Waals surface area contributed by atoms with Crippen LogP contribution in [0, 0.1) is 11.6 Å². The van der Waals surface area contributed by atoms with Crippen molar-refractivity contribution in [2.24, 2.45) is 0 Å². The normalized spacial score (nSPS) is 13.4. The molecule has 87 heavy (non-hydrogen) atoms. The van der Waals surface area contributed by atoms with Gasteiger partial charge in [0.15, 0.2) is 41.2 Å². The number of aliphatic hydroxyl groups excluding tert-OH is 1. The summed E-state index contributed by atoms with van der Waals surface area (Å²) in [6, 6.07) is 24.5. The second-order valence-electron chi connectivity index (χ2n) is 18.8. The molecule has 0 aliphatic rings. The van der Waals surface area contributed by atoms with E-state index in [1.165, 1.54) is 51.8 Å². The number of sulfone groups is 3. The van der Waals surface area contributed by atoms with Gasteiger partial charge in [0, 0.05) is 36.5 Å². The molecule has 0 spiro atoms. The van der Waals surface area contributed by atoms with E-state index >= 15 is 0 Å². The van der Waals surface area contributed by atoms with Crippen molar-refractivity contribution in [1.29, 1.82) is 0 Å². The fourth-order valence-electron chi connectivity index (χ4n) is 8.86. The molecule has 27 nitrogen and oxygen atoms in total. The van der Waals surface area contributed by atoms with Crippen LogP contribution in [0.15, 0.2) is 119 Å². The lowest BCUT2D eigenvalue weighted by atomic mass is 10.1. The number of benzene rings is 4. The average Bonchev–Trinajstić information content (AvgIpc) is 1.93. The molecule has 4 aromatic carbocycles. The molecule has 0 saturated carbocycles. The molecule has 0 saturated heterocycles. The van der Waals surface area contributed by atoms with Gasteiger partial charge in [0.2, 0.25) is 43.7 Å². The minimum atomic E-state index is -4.74. The molecule has 0 bridgehead atoms. The molecule has 4 aromatic heterocycles. The Labute approximate surface area is 500 Å². The van der Waals surface area contributed by atoms with Crippen LogP contribution in [-0.2, 0) is 49.6 Å². The summed E-state index contributed by atoms with van der Waals surface area (Å²) in [5.74, 6) is -0.939. The van der Waals surface area contributed by atoms with Crippen LogP contribution in [-0.4, -0.2) is 159 Å². The molecule has 466 valence electrons. The number of halogens is 2. The first-order valence-electron chi connectivity index (χ1n) is 25.1. The number of nitrogens with one attached hydrogen (secondary N) is 2. The van der Waals surface area contributed by atoms with E-state index in [1.54, 1.807) is 72.8 Å².